The Labute approximate surface area is 109 Å². The number of nitrogens with zero attached hydrogens (tertiary/aromatic N) is 1. The van der Waals surface area contributed by atoms with Crippen molar-refractivity contribution in [2.45, 2.75) is 51.2 Å². The molecule has 0 amide bonds. The summed E-state index contributed by atoms with van der Waals surface area (Å²) in [6.45, 7) is 4.53. The second kappa shape index (κ2) is 5.51. The summed E-state index contributed by atoms with van der Waals surface area (Å²) in [5.41, 5.74) is 7.72. The third-order valence-corrected chi connectivity index (χ3v) is 4.85. The predicted octanol–water partition coefficient (Wildman–Crippen LogP) is 3.26. The highest BCUT2D eigenvalue weighted by Gasteiger charge is 2.35. The predicted molar refractivity (Wildman–Crippen MR) is 75.3 cm³/mol. The summed E-state index contributed by atoms with van der Waals surface area (Å²) >= 11 is 1.77. The fourth-order valence-electron chi connectivity index (χ4n) is 2.62. The molecule has 0 aromatic carbocycles. The Balaban J connectivity index is 2.14. The van der Waals surface area contributed by atoms with Gasteiger partial charge in [-0.15, -0.1) is 0 Å². The molecule has 1 aliphatic rings. The molecular weight excluding hydrogens is 228 g/mol. The van der Waals surface area contributed by atoms with E-state index in [2.05, 4.69) is 42.6 Å². The Hall–Kier alpha value is -0.380. The van der Waals surface area contributed by atoms with Gasteiger partial charge in [0.05, 0.1) is 6.04 Å². The highest BCUT2D eigenvalue weighted by molar-refractivity contribution is 7.07. The van der Waals surface area contributed by atoms with E-state index in [0.717, 1.165) is 12.3 Å². The van der Waals surface area contributed by atoms with Crippen LogP contribution in [0.5, 0.6) is 0 Å². The maximum atomic E-state index is 6.33. The van der Waals surface area contributed by atoms with Crippen LogP contribution in [-0.4, -0.2) is 24.0 Å². The standard InChI is InChI=1S/C14H24N2S/c1-4-13(15)14(12-7-8-17-9-12)16(3)10(2)11-5-6-11/h7-11,13-14H,4-6,15H2,1-3H3. The summed E-state index contributed by atoms with van der Waals surface area (Å²) in [6, 6.07) is 3.48. The molecule has 96 valence electrons. The normalized spacial score (nSPS) is 21.5. The fraction of sp³-hybridized carbons (Fsp3) is 0.714. The molecule has 1 fully saturated rings. The molecule has 3 unspecified atom stereocenters. The highest BCUT2D eigenvalue weighted by atomic mass is 32.1. The molecular formula is C14H24N2S. The average molecular weight is 252 g/mol. The number of nitrogens with two attached hydrogens (primary N) is 1. The average Bonchev–Trinajstić information content (AvgIpc) is 3.06. The van der Waals surface area contributed by atoms with E-state index in [1.54, 1.807) is 11.3 Å². The Kier molecular flexibility index (Phi) is 4.23. The minimum Gasteiger partial charge on any atom is -0.326 e. The maximum Gasteiger partial charge on any atom is 0.0507 e. The van der Waals surface area contributed by atoms with E-state index in [0.29, 0.717) is 12.1 Å². The summed E-state index contributed by atoms with van der Waals surface area (Å²) in [5, 5.41) is 4.40. The Morgan fingerprint density at radius 2 is 2.24 bits per heavy atom. The van der Waals surface area contributed by atoms with Crippen molar-refractivity contribution in [1.82, 2.24) is 4.90 Å². The molecule has 1 aliphatic carbocycles. The zero-order valence-electron chi connectivity index (χ0n) is 11.1. The van der Waals surface area contributed by atoms with Crippen molar-refractivity contribution in [2.75, 3.05) is 7.05 Å². The minimum atomic E-state index is 0.232. The molecule has 2 rings (SSSR count). The summed E-state index contributed by atoms with van der Waals surface area (Å²) in [4.78, 5) is 2.49. The van der Waals surface area contributed by atoms with Crippen LogP contribution in [0.15, 0.2) is 16.8 Å². The number of likely N-dealkylation sites (N-methyl/N-ethyl adjacent to an activating group) is 1. The Bertz CT molecular complexity index is 332. The largest absolute Gasteiger partial charge is 0.326 e. The van der Waals surface area contributed by atoms with Crippen LogP contribution in [0.4, 0.5) is 0 Å². The summed E-state index contributed by atoms with van der Waals surface area (Å²) < 4.78 is 0. The van der Waals surface area contributed by atoms with Crippen molar-refractivity contribution in [3.63, 3.8) is 0 Å². The number of hydrogen-bond acceptors (Lipinski definition) is 3. The van der Waals surface area contributed by atoms with Crippen LogP contribution in [0, 0.1) is 5.92 Å². The van der Waals surface area contributed by atoms with Gasteiger partial charge in [0.1, 0.15) is 0 Å². The van der Waals surface area contributed by atoms with Crippen molar-refractivity contribution in [3.8, 4) is 0 Å². The van der Waals surface area contributed by atoms with Crippen molar-refractivity contribution in [2.24, 2.45) is 11.7 Å². The van der Waals surface area contributed by atoms with Gasteiger partial charge >= 0.3 is 0 Å². The molecule has 1 saturated carbocycles. The molecule has 1 aromatic rings. The van der Waals surface area contributed by atoms with Crippen molar-refractivity contribution >= 4 is 11.3 Å². The number of rotatable bonds is 6. The van der Waals surface area contributed by atoms with Gasteiger partial charge in [0.15, 0.2) is 0 Å². The first-order valence-electron chi connectivity index (χ1n) is 6.64. The van der Waals surface area contributed by atoms with Crippen molar-refractivity contribution < 1.29 is 0 Å². The first-order chi connectivity index (χ1) is 8.15. The molecule has 3 heteroatoms. The SMILES string of the molecule is CCC(N)C(c1ccsc1)N(C)C(C)C1CC1. The van der Waals surface area contributed by atoms with Gasteiger partial charge in [0.25, 0.3) is 0 Å². The molecule has 0 aliphatic heterocycles. The maximum absolute atomic E-state index is 6.33. The van der Waals surface area contributed by atoms with Crippen LogP contribution in [0.2, 0.25) is 0 Å². The molecule has 1 aromatic heterocycles. The van der Waals surface area contributed by atoms with Crippen LogP contribution in [0.3, 0.4) is 0 Å². The number of thiophene rings is 1. The summed E-state index contributed by atoms with van der Waals surface area (Å²) in [5.74, 6) is 0.894. The van der Waals surface area contributed by atoms with Crippen LogP contribution in [0.25, 0.3) is 0 Å². The van der Waals surface area contributed by atoms with Gasteiger partial charge < -0.3 is 5.73 Å². The van der Waals surface area contributed by atoms with Gasteiger partial charge in [-0.2, -0.15) is 11.3 Å². The van der Waals surface area contributed by atoms with E-state index in [-0.39, 0.29) is 6.04 Å². The molecule has 0 bridgehead atoms. The fourth-order valence-corrected chi connectivity index (χ4v) is 3.30. The van der Waals surface area contributed by atoms with E-state index in [9.17, 15) is 0 Å². The second-order valence-electron chi connectivity index (χ2n) is 5.32. The lowest BCUT2D eigenvalue weighted by Crippen LogP contribution is -2.43. The monoisotopic (exact) mass is 252 g/mol. The van der Waals surface area contributed by atoms with Gasteiger partial charge in [-0.1, -0.05) is 6.92 Å². The van der Waals surface area contributed by atoms with Gasteiger partial charge in [-0.05, 0) is 61.5 Å². The third-order valence-electron chi connectivity index (χ3n) is 4.15. The van der Waals surface area contributed by atoms with Crippen LogP contribution in [-0.2, 0) is 0 Å². The topological polar surface area (TPSA) is 29.3 Å². The molecule has 1 heterocycles. The smallest absolute Gasteiger partial charge is 0.0507 e. The lowest BCUT2D eigenvalue weighted by atomic mass is 9.97. The minimum absolute atomic E-state index is 0.232. The zero-order chi connectivity index (χ0) is 12.4. The second-order valence-corrected chi connectivity index (χ2v) is 6.10. The molecule has 3 atom stereocenters. The molecule has 0 spiro atoms. The molecule has 2 N–H and O–H groups in total. The summed E-state index contributed by atoms with van der Waals surface area (Å²) in [7, 11) is 2.24. The van der Waals surface area contributed by atoms with Crippen LogP contribution >= 0.6 is 11.3 Å². The van der Waals surface area contributed by atoms with E-state index < -0.39 is 0 Å². The Morgan fingerprint density at radius 1 is 1.53 bits per heavy atom. The first-order valence-corrected chi connectivity index (χ1v) is 7.59. The van der Waals surface area contributed by atoms with Crippen molar-refractivity contribution in [1.29, 1.82) is 0 Å². The van der Waals surface area contributed by atoms with E-state index in [4.69, 9.17) is 5.73 Å². The molecule has 0 radical (unpaired) electrons. The molecule has 2 nitrogen and oxygen atoms in total. The lowest BCUT2D eigenvalue weighted by Gasteiger charge is -2.36. The van der Waals surface area contributed by atoms with Gasteiger partial charge in [-0.25, -0.2) is 0 Å². The molecule has 0 saturated heterocycles. The lowest BCUT2D eigenvalue weighted by molar-refractivity contribution is 0.144. The summed E-state index contributed by atoms with van der Waals surface area (Å²) in [6.07, 6.45) is 3.81. The van der Waals surface area contributed by atoms with Crippen LogP contribution < -0.4 is 5.73 Å². The van der Waals surface area contributed by atoms with Gasteiger partial charge in [0, 0.05) is 12.1 Å². The van der Waals surface area contributed by atoms with E-state index in [1.165, 1.54) is 18.4 Å². The van der Waals surface area contributed by atoms with Gasteiger partial charge in [0.2, 0.25) is 0 Å². The van der Waals surface area contributed by atoms with Crippen molar-refractivity contribution in [3.05, 3.63) is 22.4 Å². The highest BCUT2D eigenvalue weighted by Crippen LogP contribution is 2.38. The zero-order valence-corrected chi connectivity index (χ0v) is 11.9. The van der Waals surface area contributed by atoms with Gasteiger partial charge in [-0.3, -0.25) is 4.90 Å². The first kappa shape index (κ1) is 13.1. The van der Waals surface area contributed by atoms with E-state index in [1.807, 2.05) is 0 Å². The van der Waals surface area contributed by atoms with E-state index >= 15 is 0 Å². The quantitative estimate of drug-likeness (QED) is 0.842. The Morgan fingerprint density at radius 3 is 2.71 bits per heavy atom. The number of hydrogen-bond donors (Lipinski definition) is 1. The van der Waals surface area contributed by atoms with Crippen LogP contribution in [0.1, 0.15) is 44.7 Å². The third kappa shape index (κ3) is 2.90. The molecule has 17 heavy (non-hydrogen) atoms.